The Labute approximate surface area is 120 Å². The molecule has 0 heterocycles. The molecule has 0 bridgehead atoms. The molecule has 1 unspecified atom stereocenters. The Bertz CT molecular complexity index is 434. The van der Waals surface area contributed by atoms with Gasteiger partial charge in [0.1, 0.15) is 0 Å². The van der Waals surface area contributed by atoms with Crippen LogP contribution < -0.4 is 5.32 Å². The number of carboxylic acids is 1. The van der Waals surface area contributed by atoms with Gasteiger partial charge in [0.25, 0.3) is 0 Å². The van der Waals surface area contributed by atoms with Crippen LogP contribution in [0, 0.1) is 3.57 Å². The molecule has 0 aliphatic rings. The van der Waals surface area contributed by atoms with Gasteiger partial charge < -0.3 is 10.4 Å². The van der Waals surface area contributed by atoms with Crippen LogP contribution in [0.15, 0.2) is 24.3 Å². The van der Waals surface area contributed by atoms with E-state index in [4.69, 9.17) is 5.11 Å². The average molecular weight is 361 g/mol. The molecule has 1 rings (SSSR count). The molecule has 18 heavy (non-hydrogen) atoms. The number of carboxylic acid groups (broad SMARTS) is 1. The molecule has 0 saturated carbocycles. The maximum atomic E-state index is 11.7. The van der Waals surface area contributed by atoms with Gasteiger partial charge in [-0.25, -0.2) is 0 Å². The van der Waals surface area contributed by atoms with Gasteiger partial charge in [0.15, 0.2) is 0 Å². The standard InChI is InChI=1S/C13H16INO3/c1-9(5-6-13(17)18)15-12(16)8-10-3-2-4-11(14)7-10/h2-4,7,9H,5-6,8H2,1H3,(H,15,16)(H,17,18). The number of hydrogen-bond acceptors (Lipinski definition) is 2. The molecule has 0 aliphatic carbocycles. The molecule has 0 fully saturated rings. The lowest BCUT2D eigenvalue weighted by Crippen LogP contribution is -2.34. The van der Waals surface area contributed by atoms with Gasteiger partial charge in [-0.15, -0.1) is 0 Å². The van der Waals surface area contributed by atoms with Crippen molar-refractivity contribution in [3.63, 3.8) is 0 Å². The summed E-state index contributed by atoms with van der Waals surface area (Å²) in [4.78, 5) is 22.1. The van der Waals surface area contributed by atoms with E-state index in [2.05, 4.69) is 27.9 Å². The van der Waals surface area contributed by atoms with Crippen molar-refractivity contribution in [2.45, 2.75) is 32.2 Å². The Hall–Kier alpha value is -1.11. The molecule has 1 aromatic rings. The summed E-state index contributed by atoms with van der Waals surface area (Å²) in [5, 5.41) is 11.3. The Kier molecular flexibility index (Phi) is 6.11. The predicted octanol–water partition coefficient (Wildman–Crippen LogP) is 2.20. The van der Waals surface area contributed by atoms with Gasteiger partial charge in [-0.2, -0.15) is 0 Å². The van der Waals surface area contributed by atoms with Crippen LogP contribution in [0.3, 0.4) is 0 Å². The Morgan fingerprint density at radius 3 is 2.78 bits per heavy atom. The minimum atomic E-state index is -0.839. The second-order valence-electron chi connectivity index (χ2n) is 4.21. The van der Waals surface area contributed by atoms with Crippen LogP contribution in [0.4, 0.5) is 0 Å². The van der Waals surface area contributed by atoms with Crippen molar-refractivity contribution in [1.82, 2.24) is 5.32 Å². The number of nitrogens with one attached hydrogen (secondary N) is 1. The first-order valence-electron chi connectivity index (χ1n) is 5.73. The number of rotatable bonds is 6. The van der Waals surface area contributed by atoms with E-state index < -0.39 is 5.97 Å². The molecule has 0 radical (unpaired) electrons. The second-order valence-corrected chi connectivity index (χ2v) is 5.45. The van der Waals surface area contributed by atoms with Crippen LogP contribution in [0.5, 0.6) is 0 Å². The topological polar surface area (TPSA) is 66.4 Å². The van der Waals surface area contributed by atoms with Gasteiger partial charge in [0, 0.05) is 16.0 Å². The van der Waals surface area contributed by atoms with Gasteiger partial charge in [-0.05, 0) is 53.6 Å². The van der Waals surface area contributed by atoms with Gasteiger partial charge >= 0.3 is 5.97 Å². The number of hydrogen-bond donors (Lipinski definition) is 2. The third-order valence-electron chi connectivity index (χ3n) is 2.45. The molecule has 0 spiro atoms. The van der Waals surface area contributed by atoms with Gasteiger partial charge in [0.05, 0.1) is 6.42 Å². The summed E-state index contributed by atoms with van der Waals surface area (Å²) < 4.78 is 1.09. The van der Waals surface area contributed by atoms with Gasteiger partial charge in [0.2, 0.25) is 5.91 Å². The molecule has 98 valence electrons. The molecule has 4 nitrogen and oxygen atoms in total. The highest BCUT2D eigenvalue weighted by atomic mass is 127. The zero-order chi connectivity index (χ0) is 13.5. The molecular weight excluding hydrogens is 345 g/mol. The predicted molar refractivity (Wildman–Crippen MR) is 77.3 cm³/mol. The quantitative estimate of drug-likeness (QED) is 0.764. The minimum Gasteiger partial charge on any atom is -0.481 e. The zero-order valence-corrected chi connectivity index (χ0v) is 12.3. The van der Waals surface area contributed by atoms with Crippen molar-refractivity contribution in [3.8, 4) is 0 Å². The molecule has 1 amide bonds. The smallest absolute Gasteiger partial charge is 0.303 e. The fourth-order valence-electron chi connectivity index (χ4n) is 1.57. The molecule has 5 heteroatoms. The number of aliphatic carboxylic acids is 1. The minimum absolute atomic E-state index is 0.0741. The molecule has 2 N–H and O–H groups in total. The Morgan fingerprint density at radius 2 is 2.17 bits per heavy atom. The van der Waals surface area contributed by atoms with E-state index in [0.29, 0.717) is 12.8 Å². The highest BCUT2D eigenvalue weighted by molar-refractivity contribution is 14.1. The first-order valence-corrected chi connectivity index (χ1v) is 6.81. The fraction of sp³-hybridized carbons (Fsp3) is 0.385. The van der Waals surface area contributed by atoms with Crippen molar-refractivity contribution < 1.29 is 14.7 Å². The SMILES string of the molecule is CC(CCC(=O)O)NC(=O)Cc1cccc(I)c1. The third-order valence-corrected chi connectivity index (χ3v) is 3.12. The van der Waals surface area contributed by atoms with Crippen molar-refractivity contribution >= 4 is 34.5 Å². The lowest BCUT2D eigenvalue weighted by atomic mass is 10.1. The number of amides is 1. The van der Waals surface area contributed by atoms with Crippen molar-refractivity contribution in [3.05, 3.63) is 33.4 Å². The van der Waals surface area contributed by atoms with E-state index >= 15 is 0 Å². The first-order chi connectivity index (χ1) is 8.47. The highest BCUT2D eigenvalue weighted by Gasteiger charge is 2.09. The number of halogens is 1. The summed E-state index contributed by atoms with van der Waals surface area (Å²) in [5.74, 6) is -0.913. The summed E-state index contributed by atoms with van der Waals surface area (Å²) in [7, 11) is 0. The van der Waals surface area contributed by atoms with Crippen molar-refractivity contribution in [2.24, 2.45) is 0 Å². The average Bonchev–Trinajstić information content (AvgIpc) is 2.26. The summed E-state index contributed by atoms with van der Waals surface area (Å²) in [6.07, 6.45) is 0.854. The van der Waals surface area contributed by atoms with Gasteiger partial charge in [-0.1, -0.05) is 12.1 Å². The summed E-state index contributed by atoms with van der Waals surface area (Å²) >= 11 is 2.20. The summed E-state index contributed by atoms with van der Waals surface area (Å²) in [6, 6.07) is 7.64. The second kappa shape index (κ2) is 7.35. The molecule has 1 aromatic carbocycles. The normalized spacial score (nSPS) is 11.9. The zero-order valence-electron chi connectivity index (χ0n) is 10.1. The van der Waals surface area contributed by atoms with E-state index in [1.165, 1.54) is 0 Å². The number of carbonyl (C=O) groups excluding carboxylic acids is 1. The molecule has 0 saturated heterocycles. The molecule has 0 aliphatic heterocycles. The number of carbonyl (C=O) groups is 2. The number of benzene rings is 1. The van der Waals surface area contributed by atoms with E-state index in [1.54, 1.807) is 0 Å². The maximum absolute atomic E-state index is 11.7. The van der Waals surface area contributed by atoms with E-state index in [-0.39, 0.29) is 18.4 Å². The summed E-state index contributed by atoms with van der Waals surface area (Å²) in [5.41, 5.74) is 0.963. The lowest BCUT2D eigenvalue weighted by Gasteiger charge is -2.12. The van der Waals surface area contributed by atoms with Crippen LogP contribution in [-0.2, 0) is 16.0 Å². The Balaban J connectivity index is 2.39. The molecule has 1 atom stereocenters. The molecular formula is C13H16INO3. The largest absolute Gasteiger partial charge is 0.481 e. The van der Waals surface area contributed by atoms with Crippen LogP contribution in [-0.4, -0.2) is 23.0 Å². The van der Waals surface area contributed by atoms with E-state index in [9.17, 15) is 9.59 Å². The Morgan fingerprint density at radius 1 is 1.44 bits per heavy atom. The van der Waals surface area contributed by atoms with Crippen LogP contribution >= 0.6 is 22.6 Å². The monoisotopic (exact) mass is 361 g/mol. The van der Waals surface area contributed by atoms with E-state index in [1.807, 2.05) is 31.2 Å². The third kappa shape index (κ3) is 6.00. The van der Waals surface area contributed by atoms with Crippen LogP contribution in [0.25, 0.3) is 0 Å². The van der Waals surface area contributed by atoms with Crippen LogP contribution in [0.1, 0.15) is 25.3 Å². The van der Waals surface area contributed by atoms with Crippen molar-refractivity contribution in [1.29, 1.82) is 0 Å². The van der Waals surface area contributed by atoms with Crippen molar-refractivity contribution in [2.75, 3.05) is 0 Å². The summed E-state index contributed by atoms with van der Waals surface area (Å²) in [6.45, 7) is 1.82. The maximum Gasteiger partial charge on any atom is 0.303 e. The lowest BCUT2D eigenvalue weighted by molar-refractivity contribution is -0.137. The fourth-order valence-corrected chi connectivity index (χ4v) is 2.18. The molecule has 0 aromatic heterocycles. The highest BCUT2D eigenvalue weighted by Crippen LogP contribution is 2.08. The van der Waals surface area contributed by atoms with Gasteiger partial charge in [-0.3, -0.25) is 9.59 Å². The first kappa shape index (κ1) is 14.9. The van der Waals surface area contributed by atoms with Crippen LogP contribution in [0.2, 0.25) is 0 Å². The van der Waals surface area contributed by atoms with E-state index in [0.717, 1.165) is 9.13 Å².